The van der Waals surface area contributed by atoms with E-state index >= 15 is 0 Å². The van der Waals surface area contributed by atoms with E-state index in [1.54, 1.807) is 24.3 Å². The van der Waals surface area contributed by atoms with Gasteiger partial charge in [-0.1, -0.05) is 22.0 Å². The summed E-state index contributed by atoms with van der Waals surface area (Å²) in [6.07, 6.45) is 1.18. The SMILES string of the molecule is Cl.O=C(O)C1CCN(CCS(=O)(=O)c2cccc(Br)c2)CC1. The number of nitrogens with zero attached hydrogens (tertiary/aromatic N) is 1. The number of rotatable bonds is 5. The Bertz CT molecular complexity index is 615. The predicted molar refractivity (Wildman–Crippen MR) is 90.2 cm³/mol. The Balaban J connectivity index is 0.00000242. The summed E-state index contributed by atoms with van der Waals surface area (Å²) in [4.78, 5) is 13.2. The maximum atomic E-state index is 12.3. The van der Waals surface area contributed by atoms with Crippen LogP contribution in [0.15, 0.2) is 33.6 Å². The Kier molecular flexibility index (Phi) is 7.31. The normalized spacial score (nSPS) is 17.0. The highest BCUT2D eigenvalue weighted by Crippen LogP contribution is 2.19. The third-order valence-corrected chi connectivity index (χ3v) is 5.95. The molecule has 1 heterocycles. The second-order valence-electron chi connectivity index (χ2n) is 5.23. The highest BCUT2D eigenvalue weighted by molar-refractivity contribution is 9.10. The lowest BCUT2D eigenvalue weighted by molar-refractivity contribution is -0.143. The maximum Gasteiger partial charge on any atom is 0.306 e. The van der Waals surface area contributed by atoms with Gasteiger partial charge in [0, 0.05) is 11.0 Å². The molecule has 1 aliphatic rings. The zero-order valence-electron chi connectivity index (χ0n) is 11.9. The van der Waals surface area contributed by atoms with Gasteiger partial charge in [-0.2, -0.15) is 0 Å². The second-order valence-corrected chi connectivity index (χ2v) is 8.26. The van der Waals surface area contributed by atoms with Crippen LogP contribution in [-0.2, 0) is 14.6 Å². The number of aliphatic carboxylic acids is 1. The van der Waals surface area contributed by atoms with Crippen molar-refractivity contribution in [3.8, 4) is 0 Å². The molecule has 0 bridgehead atoms. The van der Waals surface area contributed by atoms with E-state index in [-0.39, 0.29) is 24.1 Å². The summed E-state index contributed by atoms with van der Waals surface area (Å²) in [5.41, 5.74) is 0. The number of sulfone groups is 1. The standard InChI is InChI=1S/C14H18BrNO4S.ClH/c15-12-2-1-3-13(10-12)21(19,20)9-8-16-6-4-11(5-7-16)14(17)18;/h1-3,10-11H,4-9H2,(H,17,18);1H. The molecule has 1 fully saturated rings. The number of benzene rings is 1. The first-order valence-corrected chi connectivity index (χ1v) is 9.26. The number of carbonyl (C=O) groups is 1. The minimum absolute atomic E-state index is 0. The Morgan fingerprint density at radius 2 is 1.95 bits per heavy atom. The largest absolute Gasteiger partial charge is 0.481 e. The van der Waals surface area contributed by atoms with Gasteiger partial charge in [0.05, 0.1) is 16.6 Å². The number of likely N-dealkylation sites (tertiary alicyclic amines) is 1. The van der Waals surface area contributed by atoms with Crippen molar-refractivity contribution in [3.05, 3.63) is 28.7 Å². The molecule has 22 heavy (non-hydrogen) atoms. The smallest absolute Gasteiger partial charge is 0.306 e. The summed E-state index contributed by atoms with van der Waals surface area (Å²) in [5, 5.41) is 8.94. The Morgan fingerprint density at radius 3 is 2.50 bits per heavy atom. The van der Waals surface area contributed by atoms with E-state index in [0.717, 1.165) is 4.47 Å². The lowest BCUT2D eigenvalue weighted by Gasteiger charge is -2.29. The predicted octanol–water partition coefficient (Wildman–Crippen LogP) is 2.44. The van der Waals surface area contributed by atoms with Gasteiger partial charge in [0.1, 0.15) is 0 Å². The fraction of sp³-hybridized carbons (Fsp3) is 0.500. The Labute approximate surface area is 145 Å². The van der Waals surface area contributed by atoms with Gasteiger partial charge in [0.15, 0.2) is 9.84 Å². The molecule has 0 aliphatic carbocycles. The number of halogens is 2. The van der Waals surface area contributed by atoms with Crippen LogP contribution in [0.5, 0.6) is 0 Å². The molecule has 124 valence electrons. The average molecular weight is 413 g/mol. The molecule has 0 aromatic heterocycles. The fourth-order valence-corrected chi connectivity index (χ4v) is 4.31. The van der Waals surface area contributed by atoms with E-state index in [9.17, 15) is 13.2 Å². The third kappa shape index (κ3) is 5.22. The molecule has 1 aromatic rings. The molecule has 0 unspecified atom stereocenters. The molecule has 1 saturated heterocycles. The fourth-order valence-electron chi connectivity index (χ4n) is 2.43. The first-order chi connectivity index (χ1) is 9.88. The van der Waals surface area contributed by atoms with Crippen molar-refractivity contribution >= 4 is 44.1 Å². The molecule has 1 aliphatic heterocycles. The van der Waals surface area contributed by atoms with Crippen molar-refractivity contribution in [1.29, 1.82) is 0 Å². The monoisotopic (exact) mass is 411 g/mol. The van der Waals surface area contributed by atoms with Crippen molar-refractivity contribution in [2.45, 2.75) is 17.7 Å². The quantitative estimate of drug-likeness (QED) is 0.804. The van der Waals surface area contributed by atoms with Crippen LogP contribution in [0, 0.1) is 5.92 Å². The van der Waals surface area contributed by atoms with Crippen molar-refractivity contribution in [1.82, 2.24) is 4.90 Å². The van der Waals surface area contributed by atoms with Gasteiger partial charge in [0.2, 0.25) is 0 Å². The first kappa shape index (κ1) is 19.4. The van der Waals surface area contributed by atoms with Crippen LogP contribution in [0.1, 0.15) is 12.8 Å². The van der Waals surface area contributed by atoms with Gasteiger partial charge < -0.3 is 10.0 Å². The molecule has 8 heteroatoms. The second kappa shape index (κ2) is 8.29. The highest BCUT2D eigenvalue weighted by Gasteiger charge is 2.25. The van der Waals surface area contributed by atoms with E-state index in [0.29, 0.717) is 37.4 Å². The van der Waals surface area contributed by atoms with Crippen LogP contribution >= 0.6 is 28.3 Å². The highest BCUT2D eigenvalue weighted by atomic mass is 79.9. The zero-order chi connectivity index (χ0) is 15.5. The summed E-state index contributed by atoms with van der Waals surface area (Å²) in [7, 11) is -3.30. The van der Waals surface area contributed by atoms with Crippen LogP contribution in [-0.4, -0.2) is 49.8 Å². The summed E-state index contributed by atoms with van der Waals surface area (Å²) < 4.78 is 25.3. The number of carboxylic acid groups (broad SMARTS) is 1. The average Bonchev–Trinajstić information content (AvgIpc) is 2.45. The Morgan fingerprint density at radius 1 is 1.32 bits per heavy atom. The summed E-state index contributed by atoms with van der Waals surface area (Å²) >= 11 is 3.27. The molecule has 1 N–H and O–H groups in total. The molecule has 0 amide bonds. The molecule has 5 nitrogen and oxygen atoms in total. The molecular weight excluding hydrogens is 394 g/mol. The number of hydrogen-bond acceptors (Lipinski definition) is 4. The van der Waals surface area contributed by atoms with Crippen molar-refractivity contribution in [2.75, 3.05) is 25.4 Å². The van der Waals surface area contributed by atoms with Crippen LogP contribution in [0.3, 0.4) is 0 Å². The summed E-state index contributed by atoms with van der Waals surface area (Å²) in [6, 6.07) is 6.69. The molecule has 2 rings (SSSR count). The van der Waals surface area contributed by atoms with Crippen molar-refractivity contribution in [3.63, 3.8) is 0 Å². The van der Waals surface area contributed by atoms with E-state index in [2.05, 4.69) is 15.9 Å². The Hall–Kier alpha value is -0.630. The maximum absolute atomic E-state index is 12.3. The number of piperidine rings is 1. The van der Waals surface area contributed by atoms with Gasteiger partial charge in [-0.15, -0.1) is 12.4 Å². The van der Waals surface area contributed by atoms with Gasteiger partial charge in [0.25, 0.3) is 0 Å². The molecule has 1 aromatic carbocycles. The summed E-state index contributed by atoms with van der Waals surface area (Å²) in [5.74, 6) is -0.986. The van der Waals surface area contributed by atoms with Gasteiger partial charge >= 0.3 is 5.97 Å². The van der Waals surface area contributed by atoms with E-state index in [1.807, 2.05) is 4.90 Å². The topological polar surface area (TPSA) is 74.7 Å². The van der Waals surface area contributed by atoms with Crippen LogP contribution < -0.4 is 0 Å². The van der Waals surface area contributed by atoms with Crippen LogP contribution in [0.4, 0.5) is 0 Å². The molecule has 0 spiro atoms. The number of carboxylic acids is 1. The molecule has 0 radical (unpaired) electrons. The van der Waals surface area contributed by atoms with Crippen LogP contribution in [0.2, 0.25) is 0 Å². The first-order valence-electron chi connectivity index (χ1n) is 6.82. The van der Waals surface area contributed by atoms with E-state index in [4.69, 9.17) is 5.11 Å². The van der Waals surface area contributed by atoms with Gasteiger partial charge in [-0.05, 0) is 44.1 Å². The number of hydrogen-bond donors (Lipinski definition) is 1. The minimum Gasteiger partial charge on any atom is -0.481 e. The van der Waals surface area contributed by atoms with Gasteiger partial charge in [-0.3, -0.25) is 4.79 Å². The zero-order valence-corrected chi connectivity index (χ0v) is 15.2. The minimum atomic E-state index is -3.30. The molecule has 0 atom stereocenters. The third-order valence-electron chi connectivity index (χ3n) is 3.77. The van der Waals surface area contributed by atoms with E-state index < -0.39 is 15.8 Å². The van der Waals surface area contributed by atoms with E-state index in [1.165, 1.54) is 0 Å². The van der Waals surface area contributed by atoms with Gasteiger partial charge in [-0.25, -0.2) is 8.42 Å². The molecular formula is C14H19BrClNO4S. The lowest BCUT2D eigenvalue weighted by Crippen LogP contribution is -2.38. The van der Waals surface area contributed by atoms with Crippen molar-refractivity contribution < 1.29 is 18.3 Å². The summed E-state index contributed by atoms with van der Waals surface area (Å²) in [6.45, 7) is 1.73. The molecule has 0 saturated carbocycles. The lowest BCUT2D eigenvalue weighted by atomic mass is 9.97. The van der Waals surface area contributed by atoms with Crippen LogP contribution in [0.25, 0.3) is 0 Å². The van der Waals surface area contributed by atoms with Crippen molar-refractivity contribution in [2.24, 2.45) is 5.92 Å².